The summed E-state index contributed by atoms with van der Waals surface area (Å²) in [6, 6.07) is 6.83. The fourth-order valence-electron chi connectivity index (χ4n) is 1.96. The van der Waals surface area contributed by atoms with Crippen LogP contribution < -0.4 is 5.73 Å². The zero-order valence-electron chi connectivity index (χ0n) is 11.5. The van der Waals surface area contributed by atoms with Crippen molar-refractivity contribution in [1.29, 1.82) is 0 Å². The largest absolute Gasteiger partial charge is 0.508 e. The van der Waals surface area contributed by atoms with Crippen LogP contribution in [0.2, 0.25) is 0 Å². The number of phenolic OH excluding ortho intramolecular Hbond substituents is 1. The van der Waals surface area contributed by atoms with Crippen LogP contribution in [-0.2, 0) is 9.53 Å². The molecule has 0 radical (unpaired) electrons. The number of nitrogens with two attached hydrogens (primary N) is 1. The highest BCUT2D eigenvalue weighted by molar-refractivity contribution is 5.78. The molecule has 0 saturated carbocycles. The Morgan fingerprint density at radius 2 is 2.26 bits per heavy atom. The second-order valence-corrected chi connectivity index (χ2v) is 4.29. The van der Waals surface area contributed by atoms with Crippen molar-refractivity contribution in [2.24, 2.45) is 5.73 Å². The quantitative estimate of drug-likeness (QED) is 0.729. The number of carbonyl (C=O) groups excluding carboxylic acids is 1. The van der Waals surface area contributed by atoms with E-state index in [2.05, 4.69) is 0 Å². The molecular weight excluding hydrogens is 244 g/mol. The van der Waals surface area contributed by atoms with E-state index in [1.165, 1.54) is 0 Å². The third kappa shape index (κ3) is 4.54. The molecule has 1 aromatic carbocycles. The second kappa shape index (κ2) is 7.76. The Morgan fingerprint density at radius 3 is 2.84 bits per heavy atom. The Labute approximate surface area is 114 Å². The lowest BCUT2D eigenvalue weighted by molar-refractivity contribution is -0.138. The molecule has 1 unspecified atom stereocenters. The second-order valence-electron chi connectivity index (χ2n) is 4.29. The van der Waals surface area contributed by atoms with Crippen molar-refractivity contribution >= 4 is 5.91 Å². The van der Waals surface area contributed by atoms with E-state index in [0.29, 0.717) is 19.7 Å². The normalized spacial score (nSPS) is 12.2. The van der Waals surface area contributed by atoms with E-state index in [-0.39, 0.29) is 24.3 Å². The van der Waals surface area contributed by atoms with Crippen LogP contribution in [0.15, 0.2) is 24.3 Å². The van der Waals surface area contributed by atoms with Gasteiger partial charge in [-0.1, -0.05) is 12.1 Å². The smallest absolute Gasteiger partial charge is 0.249 e. The van der Waals surface area contributed by atoms with Gasteiger partial charge < -0.3 is 20.5 Å². The van der Waals surface area contributed by atoms with Crippen LogP contribution in [0.3, 0.4) is 0 Å². The maximum Gasteiger partial charge on any atom is 0.249 e. The number of rotatable bonds is 7. The monoisotopic (exact) mass is 266 g/mol. The predicted octanol–water partition coefficient (Wildman–Crippen LogP) is 1.28. The number of likely N-dealkylation sites (N-methyl/N-ethyl adjacent to an activating group) is 1. The van der Waals surface area contributed by atoms with Crippen molar-refractivity contribution in [3.05, 3.63) is 29.8 Å². The fraction of sp³-hybridized carbons (Fsp3) is 0.500. The van der Waals surface area contributed by atoms with Crippen LogP contribution >= 0.6 is 0 Å². The Bertz CT molecular complexity index is 409. The molecule has 0 saturated heterocycles. The van der Waals surface area contributed by atoms with Gasteiger partial charge in [0.25, 0.3) is 0 Å². The zero-order chi connectivity index (χ0) is 14.3. The molecule has 5 heteroatoms. The highest BCUT2D eigenvalue weighted by Gasteiger charge is 2.20. The highest BCUT2D eigenvalue weighted by Crippen LogP contribution is 2.23. The minimum absolute atomic E-state index is 0.0359. The molecule has 0 aliphatic heterocycles. The minimum Gasteiger partial charge on any atom is -0.508 e. The maximum atomic E-state index is 12.0. The van der Waals surface area contributed by atoms with Crippen molar-refractivity contribution < 1.29 is 14.6 Å². The fourth-order valence-corrected chi connectivity index (χ4v) is 1.96. The van der Waals surface area contributed by atoms with E-state index in [1.54, 1.807) is 23.1 Å². The Balaban J connectivity index is 2.70. The highest BCUT2D eigenvalue weighted by atomic mass is 16.5. The summed E-state index contributed by atoms with van der Waals surface area (Å²) < 4.78 is 5.17. The summed E-state index contributed by atoms with van der Waals surface area (Å²) >= 11 is 0. The van der Waals surface area contributed by atoms with Gasteiger partial charge in [0.1, 0.15) is 12.4 Å². The number of aromatic hydroxyl groups is 1. The van der Waals surface area contributed by atoms with Crippen molar-refractivity contribution in [1.82, 2.24) is 4.90 Å². The van der Waals surface area contributed by atoms with Crippen molar-refractivity contribution in [2.45, 2.75) is 19.9 Å². The Hall–Kier alpha value is -1.59. The maximum absolute atomic E-state index is 12.0. The molecule has 1 atom stereocenters. The molecule has 5 nitrogen and oxygen atoms in total. The van der Waals surface area contributed by atoms with Crippen molar-refractivity contribution in [2.75, 3.05) is 26.3 Å². The van der Waals surface area contributed by atoms with Gasteiger partial charge >= 0.3 is 0 Å². The number of hydrogen-bond donors (Lipinski definition) is 2. The molecular formula is C14H22N2O3. The van der Waals surface area contributed by atoms with E-state index < -0.39 is 0 Å². The van der Waals surface area contributed by atoms with Crippen molar-refractivity contribution in [3.8, 4) is 5.75 Å². The SMILES string of the molecule is CCN(C(=O)COCCN)C(C)c1cccc(O)c1. The molecule has 0 heterocycles. The Kier molecular flexibility index (Phi) is 6.32. The number of benzene rings is 1. The van der Waals surface area contributed by atoms with E-state index >= 15 is 0 Å². The van der Waals surface area contributed by atoms with E-state index in [1.807, 2.05) is 19.9 Å². The molecule has 1 rings (SSSR count). The number of hydrogen-bond acceptors (Lipinski definition) is 4. The first-order valence-corrected chi connectivity index (χ1v) is 6.46. The molecule has 106 valence electrons. The van der Waals surface area contributed by atoms with E-state index in [0.717, 1.165) is 5.56 Å². The zero-order valence-corrected chi connectivity index (χ0v) is 11.5. The molecule has 0 aromatic heterocycles. The first-order valence-electron chi connectivity index (χ1n) is 6.46. The first-order chi connectivity index (χ1) is 9.10. The van der Waals surface area contributed by atoms with Gasteiger partial charge in [-0.3, -0.25) is 4.79 Å². The topological polar surface area (TPSA) is 75.8 Å². The van der Waals surface area contributed by atoms with Crippen LogP contribution in [0.1, 0.15) is 25.5 Å². The third-order valence-electron chi connectivity index (χ3n) is 2.97. The van der Waals surface area contributed by atoms with Crippen LogP contribution in [0.4, 0.5) is 0 Å². The molecule has 1 aromatic rings. The summed E-state index contributed by atoms with van der Waals surface area (Å²) in [5, 5.41) is 9.49. The third-order valence-corrected chi connectivity index (χ3v) is 2.97. The average molecular weight is 266 g/mol. The van der Waals surface area contributed by atoms with Gasteiger partial charge in [-0.15, -0.1) is 0 Å². The van der Waals surface area contributed by atoms with Crippen LogP contribution in [-0.4, -0.2) is 42.2 Å². The lowest BCUT2D eigenvalue weighted by Crippen LogP contribution is -2.36. The summed E-state index contributed by atoms with van der Waals surface area (Å²) in [6.45, 7) is 5.25. The van der Waals surface area contributed by atoms with E-state index in [9.17, 15) is 9.90 Å². The summed E-state index contributed by atoms with van der Waals surface area (Å²) in [6.07, 6.45) is 0. The van der Waals surface area contributed by atoms with Crippen LogP contribution in [0.5, 0.6) is 5.75 Å². The summed E-state index contributed by atoms with van der Waals surface area (Å²) in [4.78, 5) is 13.8. The summed E-state index contributed by atoms with van der Waals surface area (Å²) in [7, 11) is 0. The number of phenols is 1. The number of carbonyl (C=O) groups is 1. The molecule has 3 N–H and O–H groups in total. The predicted molar refractivity (Wildman–Crippen MR) is 73.8 cm³/mol. The van der Waals surface area contributed by atoms with Gasteiger partial charge in [0.05, 0.1) is 12.6 Å². The van der Waals surface area contributed by atoms with Crippen LogP contribution in [0, 0.1) is 0 Å². The lowest BCUT2D eigenvalue weighted by atomic mass is 10.1. The molecule has 0 bridgehead atoms. The molecule has 19 heavy (non-hydrogen) atoms. The number of nitrogens with zero attached hydrogens (tertiary/aromatic N) is 1. The first kappa shape index (κ1) is 15.5. The summed E-state index contributed by atoms with van der Waals surface area (Å²) in [5.74, 6) is 0.124. The van der Waals surface area contributed by atoms with Crippen LogP contribution in [0.25, 0.3) is 0 Å². The minimum atomic E-state index is -0.105. The number of ether oxygens (including phenoxy) is 1. The summed E-state index contributed by atoms with van der Waals surface area (Å²) in [5.41, 5.74) is 6.21. The number of amides is 1. The molecule has 0 fully saturated rings. The van der Waals surface area contributed by atoms with Gasteiger partial charge in [-0.05, 0) is 31.5 Å². The Morgan fingerprint density at radius 1 is 1.53 bits per heavy atom. The van der Waals surface area contributed by atoms with Gasteiger partial charge in [-0.2, -0.15) is 0 Å². The van der Waals surface area contributed by atoms with E-state index in [4.69, 9.17) is 10.5 Å². The van der Waals surface area contributed by atoms with Gasteiger partial charge in [0.2, 0.25) is 5.91 Å². The molecule has 0 aliphatic rings. The van der Waals surface area contributed by atoms with Crippen molar-refractivity contribution in [3.63, 3.8) is 0 Å². The molecule has 0 aliphatic carbocycles. The standard InChI is InChI=1S/C14H22N2O3/c1-3-16(14(18)10-19-8-7-15)11(2)12-5-4-6-13(17)9-12/h4-6,9,11,17H,3,7-8,10,15H2,1-2H3. The lowest BCUT2D eigenvalue weighted by Gasteiger charge is -2.28. The molecule has 0 spiro atoms. The average Bonchev–Trinajstić information content (AvgIpc) is 2.39. The van der Waals surface area contributed by atoms with Gasteiger partial charge in [0.15, 0.2) is 0 Å². The van der Waals surface area contributed by atoms with Gasteiger partial charge in [0, 0.05) is 13.1 Å². The van der Waals surface area contributed by atoms with Gasteiger partial charge in [-0.25, -0.2) is 0 Å². The molecule has 1 amide bonds.